The van der Waals surface area contributed by atoms with Crippen molar-refractivity contribution in [1.82, 2.24) is 4.57 Å². The van der Waals surface area contributed by atoms with Gasteiger partial charge in [0.25, 0.3) is 5.56 Å². The molecule has 1 aromatic heterocycles. The minimum absolute atomic E-state index is 0.0593. The zero-order chi connectivity index (χ0) is 17.3. The second kappa shape index (κ2) is 6.53. The van der Waals surface area contributed by atoms with E-state index in [-0.39, 0.29) is 16.4 Å². The predicted octanol–water partition coefficient (Wildman–Crippen LogP) is 2.52. The first-order valence-electron chi connectivity index (χ1n) is 7.95. The van der Waals surface area contributed by atoms with E-state index < -0.39 is 9.84 Å². The number of benzene rings is 1. The largest absolute Gasteiger partial charge is 0.365 e. The van der Waals surface area contributed by atoms with Gasteiger partial charge in [-0.1, -0.05) is 12.1 Å². The standard InChI is InChI=1S/C18H21NO4S/c1-13-8-16(10-19(2)18(13)20)15-4-3-5-17(9-15)24(21,22)12-23-11-14-6-7-14/h3-5,8-10,14H,6-7,11-12H2,1-2H3. The van der Waals surface area contributed by atoms with Gasteiger partial charge in [0.05, 0.1) is 11.5 Å². The molecule has 3 rings (SSSR count). The van der Waals surface area contributed by atoms with Gasteiger partial charge in [-0.2, -0.15) is 0 Å². The molecule has 0 bridgehead atoms. The summed E-state index contributed by atoms with van der Waals surface area (Å²) in [5.41, 5.74) is 2.13. The van der Waals surface area contributed by atoms with Crippen molar-refractivity contribution in [1.29, 1.82) is 0 Å². The number of hydrogen-bond donors (Lipinski definition) is 0. The van der Waals surface area contributed by atoms with Gasteiger partial charge in [0.2, 0.25) is 9.84 Å². The van der Waals surface area contributed by atoms with E-state index in [0.29, 0.717) is 18.1 Å². The summed E-state index contributed by atoms with van der Waals surface area (Å²) in [4.78, 5) is 12.0. The molecule has 0 atom stereocenters. The molecule has 6 heteroatoms. The lowest BCUT2D eigenvalue weighted by atomic mass is 10.1. The van der Waals surface area contributed by atoms with Crippen molar-refractivity contribution >= 4 is 9.84 Å². The Hall–Kier alpha value is -1.92. The fraction of sp³-hybridized carbons (Fsp3) is 0.389. The van der Waals surface area contributed by atoms with Gasteiger partial charge in [-0.05, 0) is 55.0 Å². The molecule has 1 aromatic carbocycles. The molecule has 0 amide bonds. The minimum atomic E-state index is -3.48. The Bertz CT molecular complexity index is 885. The van der Waals surface area contributed by atoms with Crippen LogP contribution in [-0.4, -0.2) is 25.5 Å². The molecule has 1 heterocycles. The normalized spacial score (nSPS) is 14.8. The van der Waals surface area contributed by atoms with Crippen molar-refractivity contribution in [2.24, 2.45) is 13.0 Å². The number of ether oxygens (including phenoxy) is 1. The summed E-state index contributed by atoms with van der Waals surface area (Å²) in [6.45, 7) is 2.26. The highest BCUT2D eigenvalue weighted by Crippen LogP contribution is 2.29. The number of pyridine rings is 1. The zero-order valence-electron chi connectivity index (χ0n) is 13.9. The van der Waals surface area contributed by atoms with Crippen molar-refractivity contribution in [2.45, 2.75) is 24.7 Å². The minimum Gasteiger partial charge on any atom is -0.365 e. The van der Waals surface area contributed by atoms with Crippen LogP contribution in [0.5, 0.6) is 0 Å². The van der Waals surface area contributed by atoms with E-state index in [1.54, 1.807) is 44.4 Å². The Kier molecular flexibility index (Phi) is 4.60. The van der Waals surface area contributed by atoms with Crippen molar-refractivity contribution < 1.29 is 13.2 Å². The van der Waals surface area contributed by atoms with Crippen LogP contribution in [0, 0.1) is 12.8 Å². The molecule has 0 unspecified atom stereocenters. The maximum absolute atomic E-state index is 12.4. The van der Waals surface area contributed by atoms with Crippen LogP contribution in [0.4, 0.5) is 0 Å². The van der Waals surface area contributed by atoms with Gasteiger partial charge in [0, 0.05) is 18.8 Å². The highest BCUT2D eigenvalue weighted by Gasteiger charge is 2.23. The summed E-state index contributed by atoms with van der Waals surface area (Å²) in [5, 5.41) is 0. The Balaban J connectivity index is 1.86. The molecule has 1 aliphatic carbocycles. The van der Waals surface area contributed by atoms with Crippen molar-refractivity contribution in [3.05, 3.63) is 52.4 Å². The molecule has 0 radical (unpaired) electrons. The van der Waals surface area contributed by atoms with Crippen molar-refractivity contribution in [3.8, 4) is 11.1 Å². The van der Waals surface area contributed by atoms with Crippen LogP contribution in [-0.2, 0) is 21.6 Å². The van der Waals surface area contributed by atoms with Crippen LogP contribution in [0.1, 0.15) is 18.4 Å². The fourth-order valence-electron chi connectivity index (χ4n) is 2.58. The van der Waals surface area contributed by atoms with Crippen LogP contribution < -0.4 is 5.56 Å². The summed E-state index contributed by atoms with van der Waals surface area (Å²) >= 11 is 0. The van der Waals surface area contributed by atoms with Crippen LogP contribution in [0.15, 0.2) is 46.2 Å². The van der Waals surface area contributed by atoms with E-state index in [2.05, 4.69) is 0 Å². The van der Waals surface area contributed by atoms with Crippen LogP contribution in [0.3, 0.4) is 0 Å². The number of hydrogen-bond acceptors (Lipinski definition) is 4. The third kappa shape index (κ3) is 3.76. The number of nitrogens with zero attached hydrogens (tertiary/aromatic N) is 1. The third-order valence-corrected chi connectivity index (χ3v) is 5.63. The molecule has 1 saturated carbocycles. The monoisotopic (exact) mass is 347 g/mol. The summed E-state index contributed by atoms with van der Waals surface area (Å²) in [6.07, 6.45) is 3.97. The van der Waals surface area contributed by atoms with Gasteiger partial charge in [-0.15, -0.1) is 0 Å². The van der Waals surface area contributed by atoms with E-state index in [1.807, 2.05) is 6.07 Å². The third-order valence-electron chi connectivity index (χ3n) is 4.18. The van der Waals surface area contributed by atoms with Crippen molar-refractivity contribution in [2.75, 3.05) is 12.5 Å². The molecule has 1 fully saturated rings. The molecule has 0 N–H and O–H groups in total. The van der Waals surface area contributed by atoms with Crippen LogP contribution in [0.25, 0.3) is 11.1 Å². The summed E-state index contributed by atoms with van der Waals surface area (Å²) in [6, 6.07) is 8.54. The van der Waals surface area contributed by atoms with Crippen LogP contribution >= 0.6 is 0 Å². The molecule has 0 saturated heterocycles. The Morgan fingerprint density at radius 2 is 1.96 bits per heavy atom. The Morgan fingerprint density at radius 1 is 1.21 bits per heavy atom. The lowest BCUT2D eigenvalue weighted by Gasteiger charge is -2.09. The maximum Gasteiger partial charge on any atom is 0.253 e. The SMILES string of the molecule is Cc1cc(-c2cccc(S(=O)(=O)COCC3CC3)c2)cn(C)c1=O. The molecule has 5 nitrogen and oxygen atoms in total. The van der Waals surface area contributed by atoms with Gasteiger partial charge in [-0.3, -0.25) is 4.79 Å². The van der Waals surface area contributed by atoms with Gasteiger partial charge >= 0.3 is 0 Å². The molecule has 24 heavy (non-hydrogen) atoms. The lowest BCUT2D eigenvalue weighted by molar-refractivity contribution is 0.165. The van der Waals surface area contributed by atoms with Gasteiger partial charge < -0.3 is 9.30 Å². The van der Waals surface area contributed by atoms with E-state index in [4.69, 9.17) is 4.74 Å². The fourth-order valence-corrected chi connectivity index (χ4v) is 3.63. The Labute approximate surface area is 141 Å². The first-order valence-corrected chi connectivity index (χ1v) is 9.60. The van der Waals surface area contributed by atoms with E-state index >= 15 is 0 Å². The maximum atomic E-state index is 12.4. The second-order valence-corrected chi connectivity index (χ2v) is 8.34. The van der Waals surface area contributed by atoms with E-state index in [1.165, 1.54) is 4.57 Å². The quantitative estimate of drug-likeness (QED) is 0.805. The molecule has 0 aliphatic heterocycles. The topological polar surface area (TPSA) is 65.4 Å². The highest BCUT2D eigenvalue weighted by atomic mass is 32.2. The molecular weight excluding hydrogens is 326 g/mol. The highest BCUT2D eigenvalue weighted by molar-refractivity contribution is 7.91. The Morgan fingerprint density at radius 3 is 2.62 bits per heavy atom. The summed E-state index contributed by atoms with van der Waals surface area (Å²) < 4.78 is 31.7. The van der Waals surface area contributed by atoms with E-state index in [9.17, 15) is 13.2 Å². The summed E-state index contributed by atoms with van der Waals surface area (Å²) in [5.74, 6) is 0.235. The second-order valence-electron chi connectivity index (χ2n) is 6.40. The average molecular weight is 347 g/mol. The molecule has 1 aliphatic rings. The van der Waals surface area contributed by atoms with E-state index in [0.717, 1.165) is 24.0 Å². The number of rotatable bonds is 6. The number of aromatic nitrogens is 1. The molecule has 0 spiro atoms. The smallest absolute Gasteiger partial charge is 0.253 e. The molecule has 128 valence electrons. The summed E-state index contributed by atoms with van der Waals surface area (Å²) in [7, 11) is -1.79. The first-order chi connectivity index (χ1) is 11.4. The first kappa shape index (κ1) is 16.9. The lowest BCUT2D eigenvalue weighted by Crippen LogP contribution is -2.18. The number of sulfone groups is 1. The number of aryl methyl sites for hydroxylation is 2. The average Bonchev–Trinajstić information content (AvgIpc) is 3.36. The van der Waals surface area contributed by atoms with Gasteiger partial charge in [0.1, 0.15) is 0 Å². The van der Waals surface area contributed by atoms with Crippen LogP contribution in [0.2, 0.25) is 0 Å². The zero-order valence-corrected chi connectivity index (χ0v) is 14.7. The van der Waals surface area contributed by atoms with Gasteiger partial charge in [0.15, 0.2) is 5.94 Å². The molecular formula is C18H21NO4S. The molecule has 2 aromatic rings. The predicted molar refractivity (Wildman–Crippen MR) is 92.6 cm³/mol. The van der Waals surface area contributed by atoms with Gasteiger partial charge in [-0.25, -0.2) is 8.42 Å². The van der Waals surface area contributed by atoms with Crippen molar-refractivity contribution in [3.63, 3.8) is 0 Å².